The number of nitrogens with two attached hydrogens (primary N) is 1. The summed E-state index contributed by atoms with van der Waals surface area (Å²) in [5.74, 6) is 4.31. The Morgan fingerprint density at radius 1 is 1.73 bits per heavy atom. The number of nitrogens with zero attached hydrogens (tertiary/aromatic N) is 3. The number of hydrogen-bond donors (Lipinski definition) is 3. The quantitative estimate of drug-likeness (QED) is 0.459. The molecule has 22 heavy (non-hydrogen) atoms. The average molecular weight is 333 g/mol. The zero-order valence-corrected chi connectivity index (χ0v) is 12.2. The van der Waals surface area contributed by atoms with Gasteiger partial charge in [0.2, 0.25) is 0 Å². The lowest BCUT2D eigenvalue weighted by Crippen LogP contribution is -2.45. The van der Waals surface area contributed by atoms with Gasteiger partial charge in [0.15, 0.2) is 11.1 Å². The van der Waals surface area contributed by atoms with Crippen LogP contribution in [0.15, 0.2) is 11.0 Å². The molecule has 4 N–H and O–H groups in total. The molecular formula is C12H14ClFN4O4. The highest BCUT2D eigenvalue weighted by Crippen LogP contribution is 2.43. The van der Waals surface area contributed by atoms with Crippen LogP contribution in [0.1, 0.15) is 13.2 Å². The number of aromatic nitrogens is 3. The Hall–Kier alpha value is -1.73. The second-order valence-corrected chi connectivity index (χ2v) is 5.38. The molecule has 1 fully saturated rings. The van der Waals surface area contributed by atoms with E-state index in [0.29, 0.717) is 0 Å². The molecule has 5 atom stereocenters. The number of aliphatic hydroxyl groups is 2. The van der Waals surface area contributed by atoms with Gasteiger partial charge in [-0.25, -0.2) is 9.18 Å². The number of nitrogen functional groups attached to an aromatic ring is 1. The van der Waals surface area contributed by atoms with Gasteiger partial charge in [-0.1, -0.05) is 23.4 Å². The van der Waals surface area contributed by atoms with Crippen molar-refractivity contribution in [3.8, 4) is 11.8 Å². The lowest BCUT2D eigenvalue weighted by molar-refractivity contribution is -0.0809. The van der Waals surface area contributed by atoms with E-state index in [0.717, 1.165) is 10.9 Å². The Balaban J connectivity index is 2.53. The highest BCUT2D eigenvalue weighted by molar-refractivity contribution is 6.27. The van der Waals surface area contributed by atoms with Crippen molar-refractivity contribution in [1.82, 2.24) is 14.8 Å². The van der Waals surface area contributed by atoms with Crippen LogP contribution in [0.25, 0.3) is 0 Å². The largest absolute Gasteiger partial charge is 0.391 e. The Morgan fingerprint density at radius 2 is 2.41 bits per heavy atom. The van der Waals surface area contributed by atoms with E-state index in [9.17, 15) is 19.4 Å². The molecule has 0 bridgehead atoms. The summed E-state index contributed by atoms with van der Waals surface area (Å²) in [6.45, 7) is 0.364. The molecule has 0 aliphatic carbocycles. The van der Waals surface area contributed by atoms with Crippen LogP contribution in [0, 0.1) is 11.8 Å². The number of ether oxygens (including phenoxy) is 1. The molecule has 1 aromatic heterocycles. The van der Waals surface area contributed by atoms with Crippen molar-refractivity contribution in [3.63, 3.8) is 0 Å². The highest BCUT2D eigenvalue weighted by atomic mass is 35.5. The fourth-order valence-corrected chi connectivity index (χ4v) is 2.48. The van der Waals surface area contributed by atoms with Crippen LogP contribution in [0.2, 0.25) is 0 Å². The van der Waals surface area contributed by atoms with Gasteiger partial charge in [0.1, 0.15) is 24.7 Å². The number of alkyl halides is 2. The minimum absolute atomic E-state index is 0.109. The molecule has 0 amide bonds. The number of aliphatic hydroxyl groups excluding tert-OH is 2. The van der Waals surface area contributed by atoms with Gasteiger partial charge < -0.3 is 20.7 Å². The van der Waals surface area contributed by atoms with Crippen LogP contribution in [-0.2, 0) is 4.74 Å². The summed E-state index contributed by atoms with van der Waals surface area (Å²) in [4.78, 5) is 13.5. The van der Waals surface area contributed by atoms with E-state index in [-0.39, 0.29) is 5.82 Å². The molecule has 1 unspecified atom stereocenters. The second-order valence-electron chi connectivity index (χ2n) is 4.75. The normalized spacial score (nSPS) is 32.3. The van der Waals surface area contributed by atoms with E-state index in [4.69, 9.17) is 22.1 Å². The second kappa shape index (κ2) is 6.18. The third kappa shape index (κ3) is 2.78. The van der Waals surface area contributed by atoms with Crippen molar-refractivity contribution in [2.24, 2.45) is 0 Å². The van der Waals surface area contributed by atoms with Crippen LogP contribution < -0.4 is 11.4 Å². The summed E-state index contributed by atoms with van der Waals surface area (Å²) in [6, 6.07) is 0. The van der Waals surface area contributed by atoms with Gasteiger partial charge in [-0.15, -0.1) is 0 Å². The molecule has 10 heteroatoms. The lowest BCUT2D eigenvalue weighted by atomic mass is 9.97. The number of anilines is 1. The predicted molar refractivity (Wildman–Crippen MR) is 74.6 cm³/mol. The van der Waals surface area contributed by atoms with Crippen molar-refractivity contribution in [3.05, 3.63) is 16.7 Å². The maximum absolute atomic E-state index is 12.3. The van der Waals surface area contributed by atoms with E-state index in [2.05, 4.69) is 21.9 Å². The van der Waals surface area contributed by atoms with Gasteiger partial charge in [0.05, 0.1) is 12.3 Å². The molecule has 8 nitrogen and oxygen atoms in total. The summed E-state index contributed by atoms with van der Waals surface area (Å²) >= 11 is 6.27. The van der Waals surface area contributed by atoms with Crippen molar-refractivity contribution in [2.45, 2.75) is 36.3 Å². The zero-order valence-electron chi connectivity index (χ0n) is 11.5. The maximum Gasteiger partial charge on any atom is 0.368 e. The molecule has 1 aliphatic heterocycles. The third-order valence-corrected chi connectivity index (χ3v) is 3.67. The van der Waals surface area contributed by atoms with E-state index in [1.807, 2.05) is 0 Å². The first-order chi connectivity index (χ1) is 10.3. The monoisotopic (exact) mass is 332 g/mol. The first-order valence-corrected chi connectivity index (χ1v) is 6.67. The summed E-state index contributed by atoms with van der Waals surface area (Å²) in [5, 5.41) is 23.6. The van der Waals surface area contributed by atoms with Gasteiger partial charge in [0.25, 0.3) is 0 Å². The number of halogens is 2. The molecule has 1 aromatic rings. The van der Waals surface area contributed by atoms with Crippen molar-refractivity contribution in [1.29, 1.82) is 0 Å². The van der Waals surface area contributed by atoms with Crippen molar-refractivity contribution >= 4 is 17.4 Å². The first-order valence-electron chi connectivity index (χ1n) is 6.29. The minimum Gasteiger partial charge on any atom is -0.391 e. The van der Waals surface area contributed by atoms with Gasteiger partial charge in [-0.05, 0) is 6.92 Å². The van der Waals surface area contributed by atoms with E-state index in [1.165, 1.54) is 6.92 Å². The van der Waals surface area contributed by atoms with Gasteiger partial charge in [-0.2, -0.15) is 14.8 Å². The van der Waals surface area contributed by atoms with Crippen LogP contribution in [-0.4, -0.2) is 54.8 Å². The molecule has 0 aromatic carbocycles. The number of rotatable bonds is 2. The van der Waals surface area contributed by atoms with E-state index in [1.54, 1.807) is 0 Å². The molecule has 1 aliphatic rings. The minimum atomic E-state index is -1.87. The molecule has 0 spiro atoms. The summed E-state index contributed by atoms with van der Waals surface area (Å²) in [6.07, 6.45) is -4.01. The van der Waals surface area contributed by atoms with E-state index >= 15 is 0 Å². The fraction of sp³-hybridized carbons (Fsp3) is 0.583. The summed E-state index contributed by atoms with van der Waals surface area (Å²) in [7, 11) is 0. The van der Waals surface area contributed by atoms with Crippen LogP contribution in [0.4, 0.5) is 10.2 Å². The average Bonchev–Trinajstić information content (AvgIpc) is 2.70. The maximum atomic E-state index is 12.3. The first kappa shape index (κ1) is 16.6. The molecule has 2 heterocycles. The molecule has 2 rings (SSSR count). The fourth-order valence-electron chi connectivity index (χ4n) is 2.15. The lowest BCUT2D eigenvalue weighted by Gasteiger charge is -2.24. The number of hydrogen-bond acceptors (Lipinski definition) is 7. The predicted octanol–water partition coefficient (Wildman–Crippen LogP) is -1.19. The Kier molecular flexibility index (Phi) is 4.67. The third-order valence-electron chi connectivity index (χ3n) is 3.17. The van der Waals surface area contributed by atoms with Crippen LogP contribution in [0.3, 0.4) is 0 Å². The summed E-state index contributed by atoms with van der Waals surface area (Å²) < 4.78 is 18.5. The molecule has 0 saturated carbocycles. The van der Waals surface area contributed by atoms with Crippen LogP contribution >= 0.6 is 11.6 Å². The molecule has 1 saturated heterocycles. The Morgan fingerprint density at radius 3 is 2.95 bits per heavy atom. The standard InChI is InChI=1S/C12H14ClFN4O4/c1-6(19)8-9(20)12(13,3-2-4-14)10(22-8)18-11(21)17-7(15)5-16-18/h5-6,8-10,19-20H,4H2,1H3,(H2,15,17,21)/t6-,8+,9-,10+,12?/m0/s1. The Bertz CT molecular complexity index is 673. The molecule has 0 radical (unpaired) electrons. The molecule has 120 valence electrons. The van der Waals surface area contributed by atoms with Crippen molar-refractivity contribution in [2.75, 3.05) is 12.4 Å². The highest BCUT2D eigenvalue weighted by Gasteiger charge is 2.57. The van der Waals surface area contributed by atoms with Gasteiger partial charge in [-0.3, -0.25) is 0 Å². The van der Waals surface area contributed by atoms with Crippen LogP contribution in [0.5, 0.6) is 0 Å². The Labute approximate surface area is 129 Å². The van der Waals surface area contributed by atoms with Gasteiger partial charge >= 0.3 is 5.69 Å². The molecular weight excluding hydrogens is 319 g/mol. The SMILES string of the molecule is C[C@H](O)[C@H]1O[C@@H](n2ncc(N)nc2=O)C(Cl)(C#CCF)[C@H]1O. The van der Waals surface area contributed by atoms with E-state index < -0.39 is 41.8 Å². The topological polar surface area (TPSA) is 123 Å². The smallest absolute Gasteiger partial charge is 0.368 e. The zero-order chi connectivity index (χ0) is 16.5. The van der Waals surface area contributed by atoms with Gasteiger partial charge in [0, 0.05) is 0 Å². The summed E-state index contributed by atoms with van der Waals surface area (Å²) in [5.41, 5.74) is 4.47. The van der Waals surface area contributed by atoms with Crippen molar-refractivity contribution < 1.29 is 19.3 Å².